The van der Waals surface area contributed by atoms with Gasteiger partial charge in [0.05, 0.1) is 96.1 Å². The fourth-order valence-corrected chi connectivity index (χ4v) is 18.4. The Hall–Kier alpha value is -8.49. The van der Waals surface area contributed by atoms with Crippen LogP contribution in [-0.2, 0) is 54.8 Å². The number of aromatic nitrogens is 4. The molecule has 18 rings (SSSR count). The molecule has 47 heteroatoms. The molecule has 10 aliphatic rings. The Morgan fingerprint density at radius 3 is 1.04 bits per heavy atom. The average molecular weight is 2130 g/mol. The minimum atomic E-state index is -1.88. The van der Waals surface area contributed by atoms with Crippen LogP contribution in [0.1, 0.15) is 236 Å². The molecule has 6 bridgehead atoms. The summed E-state index contributed by atoms with van der Waals surface area (Å²) in [7, 11) is 3.53. The third kappa shape index (κ3) is 26.4. The Morgan fingerprint density at radius 1 is 0.475 bits per heavy atom. The van der Waals surface area contributed by atoms with Crippen LogP contribution in [0.2, 0.25) is 0 Å². The van der Waals surface area contributed by atoms with Crippen LogP contribution in [0.5, 0.6) is 23.0 Å². The molecule has 3 saturated heterocycles. The van der Waals surface area contributed by atoms with Crippen LogP contribution in [0, 0.1) is 23.3 Å². The number of ether oxygens (including phenoxy) is 6. The number of nitrogens with two attached hydrogens (primary N) is 1. The summed E-state index contributed by atoms with van der Waals surface area (Å²) < 4.78 is 91.0. The molecule has 4 saturated carbocycles. The van der Waals surface area contributed by atoms with Crippen LogP contribution in [0.25, 0.3) is 0 Å². The molecule has 4 aliphatic carbocycles. The molecule has 0 spiro atoms. The first-order valence-corrected chi connectivity index (χ1v) is 43.3. The Bertz CT molecular complexity index is 5880. The van der Waals surface area contributed by atoms with Crippen molar-refractivity contribution < 1.29 is 263 Å². The fourth-order valence-electron chi connectivity index (χ4n) is 18.4. The van der Waals surface area contributed by atoms with Gasteiger partial charge in [0, 0.05) is 49.0 Å². The van der Waals surface area contributed by atoms with Gasteiger partial charge in [-0.3, -0.25) is 57.5 Å². The molecule has 7 amide bonds. The van der Waals surface area contributed by atoms with Gasteiger partial charge in [0.2, 0.25) is 21.7 Å². The van der Waals surface area contributed by atoms with Crippen molar-refractivity contribution in [1.82, 2.24) is 54.2 Å². The van der Waals surface area contributed by atoms with E-state index in [1.807, 2.05) is 0 Å². The summed E-state index contributed by atoms with van der Waals surface area (Å²) in [6.45, 7) is 6.87. The predicted molar refractivity (Wildman–Crippen MR) is 467 cm³/mol. The number of pyridine rings is 4. The molecule has 732 valence electrons. The molecule has 38 nitrogen and oxygen atoms in total. The molecule has 6 aliphatic heterocycles. The first kappa shape index (κ1) is 116. The van der Waals surface area contributed by atoms with E-state index in [1.165, 1.54) is 95.5 Å². The average Bonchev–Trinajstić information content (AvgIpc) is 1.40. The van der Waals surface area contributed by atoms with E-state index in [2.05, 4.69) is 30.9 Å². The number of aliphatic hydroxyl groups excluding tert-OH is 2. The van der Waals surface area contributed by atoms with E-state index in [1.54, 1.807) is 83.4 Å². The number of hydrogen-bond acceptors (Lipinski definition) is 27. The number of nitrogens with zero attached hydrogens (tertiary/aromatic N) is 7. The van der Waals surface area contributed by atoms with Gasteiger partial charge in [-0.1, -0.05) is 48.5 Å². The maximum absolute atomic E-state index is 13.3. The number of hydrogen-bond donors (Lipinski definition) is 10. The maximum atomic E-state index is 13.3. The Morgan fingerprint density at radius 2 is 0.770 bits per heavy atom. The zero-order valence-electron chi connectivity index (χ0n) is 78.2. The first-order valence-electron chi connectivity index (χ1n) is 43.3. The topological polar surface area (TPSA) is 514 Å². The van der Waals surface area contributed by atoms with Crippen LogP contribution in [0.4, 0.5) is 17.6 Å². The van der Waals surface area contributed by atoms with Gasteiger partial charge in [-0.25, -0.2) is 22.4 Å². The standard InChI is InChI=1S/C23H24FN3O5.2C22H22FN3O5.C19H21FN2O7.C5H11NO.CH2O3.2BrH.2K.Mg.H/c1-12(13-3-5-14(24)6-4-13)25-22(29)17-10-26-11-18-27(15-7-8-16(9-15)32-18)23(30)19(26)21(31-2)20(17)28;2*1-11(12-2-4-13(23)5-3-12)24-21(29)16-9-25-10-17-26(14-6-7-15(8-14)31-17)22(30)18(25)20(28)19(16)27;1-10(11-4-6-12(20)7-5-11)21-18(26)13-8-22(9-14(23)24)15(19(27)29-3)17(28-2)16(13)25;6-4-1-2-5(7)3-4;2-1-4-3;;;;;;/h3-6,10,12,15-16,18H,7-9,11H2,1-2H3,(H,25,29);2*2-5,9,11,14-15,17,28H,6-8,10H2,1H3,(H,24,29);4-8,10,14,23-24H,9H2,1-3H3,(H,21,26);4-5,7H,1-3,6H2;1,3H;2*1H;;;;/q;;;;;;;;2*+1;+2;-1/p-3/t12-,15-,16+,18+;2*11-,14-,15+,17+;10-;4-,5+;;;;;;;/m00000......./s1. The van der Waals surface area contributed by atoms with Crippen molar-refractivity contribution in [1.29, 1.82) is 0 Å². The van der Waals surface area contributed by atoms with E-state index in [-0.39, 0.29) is 292 Å². The van der Waals surface area contributed by atoms with Gasteiger partial charge in [0.15, 0.2) is 70.7 Å². The van der Waals surface area contributed by atoms with Crippen molar-refractivity contribution in [3.05, 3.63) is 253 Å². The summed E-state index contributed by atoms with van der Waals surface area (Å²) in [6.07, 6.45) is 12.2. The van der Waals surface area contributed by atoms with E-state index < -0.39 is 154 Å². The summed E-state index contributed by atoms with van der Waals surface area (Å²) >= 11 is 0. The number of carbonyl (C=O) groups excluding carboxylic acids is 9. The number of benzene rings is 4. The molecular weight excluding hydrogens is 2030 g/mol. The monoisotopic (exact) mass is 2130 g/mol. The number of halogens is 6. The molecule has 0 radical (unpaired) electrons. The summed E-state index contributed by atoms with van der Waals surface area (Å²) in [5.74, 6) is -8.60. The number of aromatic hydroxyl groups is 2. The van der Waals surface area contributed by atoms with Crippen molar-refractivity contribution in [2.45, 2.75) is 229 Å². The van der Waals surface area contributed by atoms with Gasteiger partial charge < -0.3 is 159 Å². The summed E-state index contributed by atoms with van der Waals surface area (Å²) in [6, 6.07) is 21.0. The molecule has 10 heterocycles. The first-order chi connectivity index (χ1) is 63.9. The number of fused-ring (bicyclic) bond motifs is 15. The minimum absolute atomic E-state index is 0. The SMILES string of the molecule is COC(=O)c1c(OC)c(=O)c(C(=O)N[C@@H](C)c2ccc(F)cc2)cn1CC(O)O.COc1c2n(cc(C(=O)N[C@@H](C)c3ccc(F)cc3)c1=O)C[C@H]1O[C@@H]3CC[C@@H](C3)N1C2=O.C[C@H](NC(=O)c1cn2c(c(O)c1=O)C(=O)N1[C@H]3CC[C@H](C3)O[C@@H]1C2)c1ccc(F)cc1.C[C@H](NC(=O)c1cn2c(c(O)c1=O)C(=O)N1[C@H]3CC[C@H](C3)O[C@@H]1C2)c1ccc(F)cc1.N[C@H]1CC[C@@H](O)C1.O=CO[O-].[Br-].[Br-].[H-].[K+].[K+].[Mg+2]. The number of amides is 7. The summed E-state index contributed by atoms with van der Waals surface area (Å²) in [4.78, 5) is 170. The number of aliphatic hydroxyl groups is 3. The molecule has 4 aromatic heterocycles. The van der Waals surface area contributed by atoms with Crippen molar-refractivity contribution in [2.75, 3.05) is 21.3 Å². The van der Waals surface area contributed by atoms with Crippen molar-refractivity contribution in [2.24, 2.45) is 5.73 Å². The second-order valence-corrected chi connectivity index (χ2v) is 33.8. The molecule has 8 aromatic rings. The van der Waals surface area contributed by atoms with Crippen molar-refractivity contribution in [3.8, 4) is 23.0 Å². The van der Waals surface area contributed by atoms with Crippen molar-refractivity contribution in [3.63, 3.8) is 0 Å². The second kappa shape index (κ2) is 51.1. The van der Waals surface area contributed by atoms with E-state index >= 15 is 0 Å². The van der Waals surface area contributed by atoms with Gasteiger partial charge in [0.25, 0.3) is 47.8 Å². The smallest absolute Gasteiger partial charge is 1.00 e. The summed E-state index contributed by atoms with van der Waals surface area (Å²) in [5.41, 5.74) is 3.28. The van der Waals surface area contributed by atoms with Gasteiger partial charge in [-0.2, -0.15) is 0 Å². The van der Waals surface area contributed by atoms with Gasteiger partial charge in [0.1, 0.15) is 45.5 Å². The number of esters is 1. The second-order valence-electron chi connectivity index (χ2n) is 33.8. The maximum Gasteiger partial charge on any atom is 2.00 e. The van der Waals surface area contributed by atoms with Gasteiger partial charge >= 0.3 is 132 Å². The Balaban J connectivity index is 0.000000241. The fraction of sp³-hybridized carbons (Fsp3) is 0.424. The number of methoxy groups -OCH3 is 3. The Kier molecular flexibility index (Phi) is 42.6. The van der Waals surface area contributed by atoms with Crippen LogP contribution in [0.3, 0.4) is 0 Å². The third-order valence-corrected chi connectivity index (χ3v) is 25.1. The quantitative estimate of drug-likeness (QED) is 0.00726. The van der Waals surface area contributed by atoms with Gasteiger partial charge in [-0.05, 0) is 176 Å². The zero-order valence-corrected chi connectivity index (χ0v) is 88.0. The van der Waals surface area contributed by atoms with E-state index in [4.69, 9.17) is 44.6 Å². The van der Waals surface area contributed by atoms with Gasteiger partial charge in [-0.15, -0.1) is 0 Å². The molecule has 139 heavy (non-hydrogen) atoms. The molecule has 0 unspecified atom stereocenters. The summed E-state index contributed by atoms with van der Waals surface area (Å²) in [5, 5.41) is 67.7. The largest absolute Gasteiger partial charge is 2.00 e. The van der Waals surface area contributed by atoms with Crippen LogP contribution < -0.4 is 200 Å². The minimum Gasteiger partial charge on any atom is -1.00 e. The zero-order chi connectivity index (χ0) is 96.7. The van der Waals surface area contributed by atoms with E-state index in [0.29, 0.717) is 28.8 Å². The normalized spacial score (nSPS) is 21.5. The molecule has 7 fully saturated rings. The molecule has 11 N–H and O–H groups in total. The third-order valence-electron chi connectivity index (χ3n) is 25.1. The number of rotatable bonds is 18. The molecule has 4 aromatic carbocycles. The number of carbonyl (C=O) groups is 9. The van der Waals surface area contributed by atoms with Crippen LogP contribution >= 0.6 is 0 Å². The van der Waals surface area contributed by atoms with Crippen molar-refractivity contribution >= 4 is 76.8 Å². The van der Waals surface area contributed by atoms with Crippen LogP contribution in [-0.4, -0.2) is 230 Å². The molecule has 15 atom stereocenters. The van der Waals surface area contributed by atoms with E-state index in [9.17, 15) is 95.5 Å². The molecular formula is C92H102Br2F4K2MgN12O26. The van der Waals surface area contributed by atoms with Crippen LogP contribution in [0.15, 0.2) is 141 Å². The van der Waals surface area contributed by atoms with E-state index in [0.717, 1.165) is 102 Å². The number of nitrogens with one attached hydrogen (secondary N) is 4. The Labute approximate surface area is 916 Å². The predicted octanol–water partition coefficient (Wildman–Crippen LogP) is -7.32.